The minimum atomic E-state index is -4.17. The predicted octanol–water partition coefficient (Wildman–Crippen LogP) is 2.83. The molecule has 0 atom stereocenters. The van der Waals surface area contributed by atoms with Crippen molar-refractivity contribution in [2.45, 2.75) is 19.0 Å². The third kappa shape index (κ3) is 3.22. The average Bonchev–Trinajstić information content (AvgIpc) is 2.45. The van der Waals surface area contributed by atoms with E-state index in [2.05, 4.69) is 0 Å². The molecular formula is C14H17F3N2O2. The smallest absolute Gasteiger partial charge is 0.391 e. The highest BCUT2D eigenvalue weighted by Crippen LogP contribution is 2.37. The van der Waals surface area contributed by atoms with Gasteiger partial charge in [0.25, 0.3) is 0 Å². The quantitative estimate of drug-likeness (QED) is 0.674. The Morgan fingerprint density at radius 1 is 1.33 bits per heavy atom. The van der Waals surface area contributed by atoms with Crippen molar-refractivity contribution >= 4 is 17.3 Å². The third-order valence-corrected chi connectivity index (χ3v) is 3.75. The van der Waals surface area contributed by atoms with Gasteiger partial charge in [-0.2, -0.15) is 13.2 Å². The fourth-order valence-electron chi connectivity index (χ4n) is 2.62. The van der Waals surface area contributed by atoms with Crippen LogP contribution in [-0.4, -0.2) is 32.3 Å². The lowest BCUT2D eigenvalue weighted by atomic mass is 9.95. The summed E-state index contributed by atoms with van der Waals surface area (Å²) in [5.41, 5.74) is 7.00. The molecule has 1 heterocycles. The fraction of sp³-hybridized carbons (Fsp3) is 0.500. The van der Waals surface area contributed by atoms with Crippen LogP contribution < -0.4 is 10.6 Å². The van der Waals surface area contributed by atoms with Crippen molar-refractivity contribution in [2.75, 3.05) is 30.8 Å². The molecule has 1 aromatic rings. The molecule has 7 heteroatoms. The number of nitrogens with two attached hydrogens (primary N) is 1. The SMILES string of the molecule is COC(=O)c1cccc(N)c1N1CCC(C(F)(F)F)CC1. The molecule has 0 spiro atoms. The minimum Gasteiger partial charge on any atom is -0.465 e. The highest BCUT2D eigenvalue weighted by Gasteiger charge is 2.41. The number of ether oxygens (including phenoxy) is 1. The van der Waals surface area contributed by atoms with Crippen molar-refractivity contribution in [2.24, 2.45) is 5.92 Å². The van der Waals surface area contributed by atoms with Gasteiger partial charge in [0, 0.05) is 13.1 Å². The lowest BCUT2D eigenvalue weighted by Crippen LogP contribution is -2.40. The van der Waals surface area contributed by atoms with Crippen molar-refractivity contribution in [1.29, 1.82) is 0 Å². The van der Waals surface area contributed by atoms with E-state index in [0.29, 0.717) is 11.4 Å². The number of anilines is 2. The van der Waals surface area contributed by atoms with E-state index in [0.717, 1.165) is 0 Å². The molecule has 0 saturated carbocycles. The molecular weight excluding hydrogens is 285 g/mol. The molecule has 0 amide bonds. The Morgan fingerprint density at radius 2 is 1.95 bits per heavy atom. The molecule has 1 fully saturated rings. The predicted molar refractivity (Wildman–Crippen MR) is 73.2 cm³/mol. The van der Waals surface area contributed by atoms with Crippen LogP contribution in [0.2, 0.25) is 0 Å². The van der Waals surface area contributed by atoms with E-state index in [9.17, 15) is 18.0 Å². The molecule has 0 radical (unpaired) electrons. The molecule has 4 nitrogen and oxygen atoms in total. The van der Waals surface area contributed by atoms with Gasteiger partial charge in [0.15, 0.2) is 0 Å². The van der Waals surface area contributed by atoms with E-state index >= 15 is 0 Å². The maximum atomic E-state index is 12.7. The maximum Gasteiger partial charge on any atom is 0.391 e. The lowest BCUT2D eigenvalue weighted by molar-refractivity contribution is -0.179. The van der Waals surface area contributed by atoms with E-state index in [1.54, 1.807) is 23.1 Å². The van der Waals surface area contributed by atoms with Gasteiger partial charge in [-0.3, -0.25) is 0 Å². The van der Waals surface area contributed by atoms with Crippen LogP contribution in [-0.2, 0) is 4.74 Å². The highest BCUT2D eigenvalue weighted by atomic mass is 19.4. The van der Waals surface area contributed by atoms with Crippen LogP contribution in [0.25, 0.3) is 0 Å². The number of piperidine rings is 1. The van der Waals surface area contributed by atoms with E-state index in [1.165, 1.54) is 7.11 Å². The minimum absolute atomic E-state index is 0.00154. The molecule has 0 aromatic heterocycles. The van der Waals surface area contributed by atoms with E-state index in [1.807, 2.05) is 0 Å². The second kappa shape index (κ2) is 5.83. The summed E-state index contributed by atoms with van der Waals surface area (Å²) < 4.78 is 42.8. The van der Waals surface area contributed by atoms with Crippen LogP contribution in [0.3, 0.4) is 0 Å². The van der Waals surface area contributed by atoms with Gasteiger partial charge in [-0.15, -0.1) is 0 Å². The van der Waals surface area contributed by atoms with Gasteiger partial charge in [0.05, 0.1) is 30.0 Å². The molecule has 1 saturated heterocycles. The Morgan fingerprint density at radius 3 is 2.48 bits per heavy atom. The van der Waals surface area contributed by atoms with Gasteiger partial charge >= 0.3 is 12.1 Å². The number of methoxy groups -OCH3 is 1. The first kappa shape index (κ1) is 15.5. The zero-order valence-electron chi connectivity index (χ0n) is 11.6. The molecule has 1 aromatic carbocycles. The normalized spacial score (nSPS) is 16.9. The Bertz CT molecular complexity index is 523. The first-order valence-corrected chi connectivity index (χ1v) is 6.63. The van der Waals surface area contributed by atoms with E-state index < -0.39 is 18.1 Å². The largest absolute Gasteiger partial charge is 0.465 e. The number of alkyl halides is 3. The first-order valence-electron chi connectivity index (χ1n) is 6.63. The van der Waals surface area contributed by atoms with Crippen molar-refractivity contribution in [3.05, 3.63) is 23.8 Å². The molecule has 1 aliphatic heterocycles. The van der Waals surface area contributed by atoms with Crippen LogP contribution in [0.4, 0.5) is 24.5 Å². The molecule has 2 rings (SSSR count). The Balaban J connectivity index is 2.22. The average molecular weight is 302 g/mol. The summed E-state index contributed by atoms with van der Waals surface area (Å²) in [6.45, 7) is 0.421. The summed E-state index contributed by atoms with van der Waals surface area (Å²) in [7, 11) is 1.26. The van der Waals surface area contributed by atoms with Gasteiger partial charge in [-0.05, 0) is 25.0 Å². The van der Waals surface area contributed by atoms with Gasteiger partial charge in [0.1, 0.15) is 0 Å². The number of hydrogen-bond acceptors (Lipinski definition) is 4. The number of esters is 1. The Labute approximate surface area is 120 Å². The molecule has 116 valence electrons. The number of para-hydroxylation sites is 1. The monoisotopic (exact) mass is 302 g/mol. The van der Waals surface area contributed by atoms with Gasteiger partial charge < -0.3 is 15.4 Å². The Hall–Kier alpha value is -1.92. The number of nitrogen functional groups attached to an aromatic ring is 1. The molecule has 0 aliphatic carbocycles. The summed E-state index contributed by atoms with van der Waals surface area (Å²) in [5, 5.41) is 0. The van der Waals surface area contributed by atoms with Gasteiger partial charge in [-0.1, -0.05) is 6.07 Å². The molecule has 1 aliphatic rings. The zero-order valence-corrected chi connectivity index (χ0v) is 11.6. The van der Waals surface area contributed by atoms with Crippen LogP contribution in [0.1, 0.15) is 23.2 Å². The highest BCUT2D eigenvalue weighted by molar-refractivity contribution is 5.99. The third-order valence-electron chi connectivity index (χ3n) is 3.75. The number of nitrogens with zero attached hydrogens (tertiary/aromatic N) is 1. The first-order chi connectivity index (χ1) is 9.84. The number of carbonyl (C=O) groups excluding carboxylic acids is 1. The lowest BCUT2D eigenvalue weighted by Gasteiger charge is -2.35. The Kier molecular flexibility index (Phi) is 4.29. The fourth-order valence-corrected chi connectivity index (χ4v) is 2.62. The van der Waals surface area contributed by atoms with Crippen molar-refractivity contribution in [3.8, 4) is 0 Å². The second-order valence-electron chi connectivity index (χ2n) is 5.04. The molecule has 21 heavy (non-hydrogen) atoms. The molecule has 2 N–H and O–H groups in total. The van der Waals surface area contributed by atoms with Crippen molar-refractivity contribution in [3.63, 3.8) is 0 Å². The number of halogens is 3. The van der Waals surface area contributed by atoms with Crippen molar-refractivity contribution in [1.82, 2.24) is 0 Å². The van der Waals surface area contributed by atoms with Gasteiger partial charge in [-0.25, -0.2) is 4.79 Å². The van der Waals surface area contributed by atoms with Gasteiger partial charge in [0.2, 0.25) is 0 Å². The van der Waals surface area contributed by atoms with Crippen LogP contribution in [0, 0.1) is 5.92 Å². The zero-order chi connectivity index (χ0) is 15.6. The summed E-state index contributed by atoms with van der Waals surface area (Å²) in [4.78, 5) is 13.5. The van der Waals surface area contributed by atoms with Crippen LogP contribution >= 0.6 is 0 Å². The maximum absolute atomic E-state index is 12.7. The topological polar surface area (TPSA) is 55.6 Å². The number of rotatable bonds is 2. The summed E-state index contributed by atoms with van der Waals surface area (Å²) in [6, 6.07) is 4.80. The summed E-state index contributed by atoms with van der Waals surface area (Å²) in [6.07, 6.45) is -4.17. The molecule has 0 unspecified atom stereocenters. The number of carbonyl (C=O) groups is 1. The molecule has 0 bridgehead atoms. The van der Waals surface area contributed by atoms with E-state index in [-0.39, 0.29) is 31.5 Å². The number of hydrogen-bond donors (Lipinski definition) is 1. The van der Waals surface area contributed by atoms with Crippen LogP contribution in [0.5, 0.6) is 0 Å². The summed E-state index contributed by atoms with van der Waals surface area (Å²) in [5.74, 6) is -1.84. The number of benzene rings is 1. The van der Waals surface area contributed by atoms with Crippen LogP contribution in [0.15, 0.2) is 18.2 Å². The second-order valence-corrected chi connectivity index (χ2v) is 5.04. The van der Waals surface area contributed by atoms with Crippen molar-refractivity contribution < 1.29 is 22.7 Å². The van der Waals surface area contributed by atoms with E-state index in [4.69, 9.17) is 10.5 Å². The summed E-state index contributed by atoms with van der Waals surface area (Å²) >= 11 is 0. The standard InChI is InChI=1S/C14H17F3N2O2/c1-21-13(20)10-3-2-4-11(18)12(10)19-7-5-9(6-8-19)14(15,16)17/h2-4,9H,5-8,18H2,1H3.